The normalized spacial score (nSPS) is 13.2. The third kappa shape index (κ3) is 4.00. The third-order valence-electron chi connectivity index (χ3n) is 3.87. The molecule has 1 heterocycles. The van der Waals surface area contributed by atoms with E-state index in [9.17, 15) is 13.2 Å². The summed E-state index contributed by atoms with van der Waals surface area (Å²) in [4.78, 5) is 1.85. The van der Waals surface area contributed by atoms with Gasteiger partial charge in [-0.15, -0.1) is 0 Å². The number of hydrogen-bond acceptors (Lipinski definition) is 3. The molecule has 0 amide bonds. The monoisotopic (exact) mass is 338 g/mol. The quantitative estimate of drug-likeness (QED) is 0.883. The molecule has 6 heteroatoms. The zero-order chi connectivity index (χ0) is 17.7. The van der Waals surface area contributed by atoms with E-state index in [1.54, 1.807) is 0 Å². The number of rotatable bonds is 2. The van der Waals surface area contributed by atoms with Crippen molar-refractivity contribution in [1.29, 1.82) is 0 Å². The molecule has 0 bridgehead atoms. The standard InChI is InChI=1S/C17H16F3NO.CH5N/c1-21(14-8-5-13(6-9-14)17(18,19)20)15-7-4-12-3-2-10-22-16(12)11-15;1-2/h4-9,11H,2-3,10H2,1H3;2H2,1H3. The number of nitrogens with zero attached hydrogens (tertiary/aromatic N) is 1. The predicted octanol–water partition coefficient (Wildman–Crippen LogP) is 4.37. The lowest BCUT2D eigenvalue weighted by atomic mass is 10.1. The molecule has 0 saturated heterocycles. The molecule has 130 valence electrons. The highest BCUT2D eigenvalue weighted by molar-refractivity contribution is 5.65. The minimum Gasteiger partial charge on any atom is -0.493 e. The Morgan fingerprint density at radius 2 is 1.62 bits per heavy atom. The van der Waals surface area contributed by atoms with E-state index < -0.39 is 11.7 Å². The minimum atomic E-state index is -4.31. The number of aryl methyl sites for hydroxylation is 1. The average Bonchev–Trinajstić information content (AvgIpc) is 2.62. The molecule has 1 aliphatic heterocycles. The van der Waals surface area contributed by atoms with Crippen molar-refractivity contribution >= 4 is 11.4 Å². The third-order valence-corrected chi connectivity index (χ3v) is 3.87. The van der Waals surface area contributed by atoms with E-state index in [4.69, 9.17) is 4.74 Å². The fraction of sp³-hybridized carbons (Fsp3) is 0.333. The molecule has 0 spiro atoms. The van der Waals surface area contributed by atoms with E-state index >= 15 is 0 Å². The molecule has 0 unspecified atom stereocenters. The van der Waals surface area contributed by atoms with Gasteiger partial charge in [-0.1, -0.05) is 6.07 Å². The summed E-state index contributed by atoms with van der Waals surface area (Å²) in [6.45, 7) is 0.709. The number of anilines is 2. The molecule has 3 rings (SSSR count). The van der Waals surface area contributed by atoms with Crippen LogP contribution in [0.5, 0.6) is 5.75 Å². The molecule has 0 aromatic heterocycles. The second kappa shape index (κ2) is 7.57. The second-order valence-corrected chi connectivity index (χ2v) is 5.35. The summed E-state index contributed by atoms with van der Waals surface area (Å²) in [5.74, 6) is 0.863. The van der Waals surface area contributed by atoms with E-state index in [0.29, 0.717) is 12.3 Å². The fourth-order valence-electron chi connectivity index (χ4n) is 2.56. The topological polar surface area (TPSA) is 38.5 Å². The molecule has 0 atom stereocenters. The van der Waals surface area contributed by atoms with Crippen LogP contribution < -0.4 is 15.4 Å². The zero-order valence-electron chi connectivity index (χ0n) is 13.7. The van der Waals surface area contributed by atoms with Crippen molar-refractivity contribution in [1.82, 2.24) is 0 Å². The van der Waals surface area contributed by atoms with Gasteiger partial charge in [0.1, 0.15) is 5.75 Å². The van der Waals surface area contributed by atoms with Crippen LogP contribution in [0, 0.1) is 0 Å². The number of alkyl halides is 3. The molecular weight excluding hydrogens is 317 g/mol. The summed E-state index contributed by atoms with van der Waals surface area (Å²) in [6.07, 6.45) is -2.29. The van der Waals surface area contributed by atoms with Gasteiger partial charge in [0.15, 0.2) is 0 Å². The second-order valence-electron chi connectivity index (χ2n) is 5.35. The zero-order valence-corrected chi connectivity index (χ0v) is 13.7. The molecule has 2 aromatic carbocycles. The predicted molar refractivity (Wildman–Crippen MR) is 89.9 cm³/mol. The first-order valence-electron chi connectivity index (χ1n) is 7.69. The van der Waals surface area contributed by atoms with Crippen molar-refractivity contribution in [3.63, 3.8) is 0 Å². The Hall–Kier alpha value is -2.21. The van der Waals surface area contributed by atoms with Gasteiger partial charge in [0, 0.05) is 24.5 Å². The highest BCUT2D eigenvalue weighted by Gasteiger charge is 2.30. The van der Waals surface area contributed by atoms with Gasteiger partial charge in [-0.05, 0) is 55.8 Å². The minimum absolute atomic E-state index is 0.640. The molecule has 1 aliphatic rings. The summed E-state index contributed by atoms with van der Waals surface area (Å²) in [5.41, 5.74) is 6.62. The lowest BCUT2D eigenvalue weighted by Crippen LogP contribution is -2.13. The first kappa shape index (κ1) is 18.1. The lowest BCUT2D eigenvalue weighted by molar-refractivity contribution is -0.137. The smallest absolute Gasteiger partial charge is 0.416 e. The van der Waals surface area contributed by atoms with E-state index in [2.05, 4.69) is 5.73 Å². The summed E-state index contributed by atoms with van der Waals surface area (Å²) in [7, 11) is 3.33. The van der Waals surface area contributed by atoms with Crippen LogP contribution in [0.15, 0.2) is 42.5 Å². The molecule has 0 aliphatic carbocycles. The van der Waals surface area contributed by atoms with Gasteiger partial charge in [0.25, 0.3) is 0 Å². The molecule has 2 aromatic rings. The van der Waals surface area contributed by atoms with Gasteiger partial charge in [-0.3, -0.25) is 0 Å². The Labute approximate surface area is 139 Å². The van der Waals surface area contributed by atoms with Crippen LogP contribution in [0.25, 0.3) is 0 Å². The molecule has 0 fully saturated rings. The van der Waals surface area contributed by atoms with Crippen LogP contribution in [-0.2, 0) is 12.6 Å². The van der Waals surface area contributed by atoms with Crippen molar-refractivity contribution in [2.24, 2.45) is 5.73 Å². The number of ether oxygens (including phenoxy) is 1. The molecule has 3 nitrogen and oxygen atoms in total. The van der Waals surface area contributed by atoms with Gasteiger partial charge in [0.05, 0.1) is 12.2 Å². The van der Waals surface area contributed by atoms with Crippen molar-refractivity contribution in [2.45, 2.75) is 19.0 Å². The maximum absolute atomic E-state index is 12.6. The van der Waals surface area contributed by atoms with Crippen molar-refractivity contribution in [3.8, 4) is 5.75 Å². The van der Waals surface area contributed by atoms with Crippen molar-refractivity contribution < 1.29 is 17.9 Å². The molecule has 0 radical (unpaired) electrons. The van der Waals surface area contributed by atoms with E-state index in [0.717, 1.165) is 36.4 Å². The summed E-state index contributed by atoms with van der Waals surface area (Å²) in [6, 6.07) is 11.1. The molecule has 0 saturated carbocycles. The first-order chi connectivity index (χ1) is 11.4. The van der Waals surface area contributed by atoms with Gasteiger partial charge in [-0.25, -0.2) is 0 Å². The van der Waals surface area contributed by atoms with Crippen LogP contribution >= 0.6 is 0 Å². The van der Waals surface area contributed by atoms with Crippen molar-refractivity contribution in [3.05, 3.63) is 53.6 Å². The van der Waals surface area contributed by atoms with E-state index in [-0.39, 0.29) is 0 Å². The Kier molecular flexibility index (Phi) is 5.72. The van der Waals surface area contributed by atoms with E-state index in [1.807, 2.05) is 30.1 Å². The van der Waals surface area contributed by atoms with Gasteiger partial charge in [0.2, 0.25) is 0 Å². The Morgan fingerprint density at radius 3 is 2.25 bits per heavy atom. The highest BCUT2D eigenvalue weighted by atomic mass is 19.4. The van der Waals surface area contributed by atoms with Gasteiger partial charge >= 0.3 is 6.18 Å². The molecule has 24 heavy (non-hydrogen) atoms. The summed E-state index contributed by atoms with van der Waals surface area (Å²) < 4.78 is 43.4. The fourth-order valence-corrected chi connectivity index (χ4v) is 2.56. The Morgan fingerprint density at radius 1 is 1.00 bits per heavy atom. The SMILES string of the molecule is CN.CN(c1ccc(C(F)(F)F)cc1)c1ccc2c(c1)OCCC2. The van der Waals surface area contributed by atoms with Gasteiger partial charge < -0.3 is 15.4 Å². The molecular formula is C18H21F3N2O. The lowest BCUT2D eigenvalue weighted by Gasteiger charge is -2.23. The maximum Gasteiger partial charge on any atom is 0.416 e. The van der Waals surface area contributed by atoms with E-state index in [1.165, 1.54) is 24.7 Å². The van der Waals surface area contributed by atoms with Gasteiger partial charge in [-0.2, -0.15) is 13.2 Å². The average molecular weight is 338 g/mol. The summed E-state index contributed by atoms with van der Waals surface area (Å²) >= 11 is 0. The first-order valence-corrected chi connectivity index (χ1v) is 7.69. The highest BCUT2D eigenvalue weighted by Crippen LogP contribution is 2.34. The van der Waals surface area contributed by atoms with Crippen LogP contribution in [0.2, 0.25) is 0 Å². The number of benzene rings is 2. The van der Waals surface area contributed by atoms with Crippen LogP contribution in [0.4, 0.5) is 24.5 Å². The Balaban J connectivity index is 0.00000100. The number of hydrogen-bond donors (Lipinski definition) is 1. The summed E-state index contributed by atoms with van der Waals surface area (Å²) in [5, 5.41) is 0. The molecule has 2 N–H and O–H groups in total. The number of halogens is 3. The number of nitrogens with two attached hydrogens (primary N) is 1. The van der Waals surface area contributed by atoms with Crippen LogP contribution in [0.1, 0.15) is 17.5 Å². The maximum atomic E-state index is 12.6. The largest absolute Gasteiger partial charge is 0.493 e. The Bertz CT molecular complexity index is 669. The van der Waals surface area contributed by atoms with Crippen molar-refractivity contribution in [2.75, 3.05) is 25.6 Å². The number of fused-ring (bicyclic) bond motifs is 1. The van der Waals surface area contributed by atoms with Crippen LogP contribution in [-0.4, -0.2) is 20.7 Å². The van der Waals surface area contributed by atoms with Crippen LogP contribution in [0.3, 0.4) is 0 Å².